The van der Waals surface area contributed by atoms with Gasteiger partial charge in [0.15, 0.2) is 0 Å². The molecule has 2 aliphatic heterocycles. The van der Waals surface area contributed by atoms with Gasteiger partial charge in [-0.1, -0.05) is 0 Å². The highest BCUT2D eigenvalue weighted by atomic mass is 79.9. The van der Waals surface area contributed by atoms with Gasteiger partial charge in [-0.2, -0.15) is 0 Å². The SMILES string of the molecule is CC1CN(C(=O)O)CCN1c1cc(OCCN2CCOCC2)c(Br)cn1. The summed E-state index contributed by atoms with van der Waals surface area (Å²) in [5.74, 6) is 1.57. The monoisotopic (exact) mass is 428 g/mol. The van der Waals surface area contributed by atoms with Gasteiger partial charge in [-0.05, 0) is 22.9 Å². The standard InChI is InChI=1S/C17H25BrN4O4/c1-13-12-21(17(23)24)2-3-22(13)16-10-15(14(18)11-19-16)26-9-6-20-4-7-25-8-5-20/h10-11,13H,2-9,12H2,1H3,(H,23,24). The van der Waals surface area contributed by atoms with Crippen LogP contribution in [0.25, 0.3) is 0 Å². The lowest BCUT2D eigenvalue weighted by molar-refractivity contribution is 0.0322. The minimum atomic E-state index is -0.868. The number of ether oxygens (including phenoxy) is 2. The summed E-state index contributed by atoms with van der Waals surface area (Å²) in [5.41, 5.74) is 0. The van der Waals surface area contributed by atoms with Crippen molar-refractivity contribution < 1.29 is 19.4 Å². The number of nitrogens with zero attached hydrogens (tertiary/aromatic N) is 4. The topological polar surface area (TPSA) is 78.4 Å². The molecule has 1 aromatic rings. The molecule has 2 fully saturated rings. The molecular weight excluding hydrogens is 404 g/mol. The molecule has 0 aliphatic carbocycles. The zero-order valence-electron chi connectivity index (χ0n) is 14.9. The third kappa shape index (κ3) is 4.77. The summed E-state index contributed by atoms with van der Waals surface area (Å²) in [6.45, 7) is 8.49. The molecule has 1 aromatic heterocycles. The fraction of sp³-hybridized carbons (Fsp3) is 0.647. The van der Waals surface area contributed by atoms with Crippen LogP contribution >= 0.6 is 15.9 Å². The largest absolute Gasteiger partial charge is 0.491 e. The van der Waals surface area contributed by atoms with Crippen LogP contribution in [0, 0.1) is 0 Å². The van der Waals surface area contributed by atoms with Gasteiger partial charge in [-0.15, -0.1) is 0 Å². The molecular formula is C17H25BrN4O4. The van der Waals surface area contributed by atoms with Crippen LogP contribution in [0.15, 0.2) is 16.7 Å². The van der Waals surface area contributed by atoms with Gasteiger partial charge in [-0.25, -0.2) is 9.78 Å². The highest BCUT2D eigenvalue weighted by Crippen LogP contribution is 2.29. The van der Waals surface area contributed by atoms with Crippen molar-refractivity contribution in [3.63, 3.8) is 0 Å². The first kappa shape index (κ1) is 19.2. The molecule has 2 saturated heterocycles. The Hall–Kier alpha value is -1.58. The number of pyridine rings is 1. The van der Waals surface area contributed by atoms with Gasteiger partial charge in [0.2, 0.25) is 0 Å². The molecule has 3 heterocycles. The Labute approximate surface area is 161 Å². The van der Waals surface area contributed by atoms with E-state index in [2.05, 4.69) is 30.7 Å². The zero-order valence-corrected chi connectivity index (χ0v) is 16.5. The number of rotatable bonds is 5. The maximum Gasteiger partial charge on any atom is 0.407 e. The average Bonchev–Trinajstić information content (AvgIpc) is 2.64. The summed E-state index contributed by atoms with van der Waals surface area (Å²) in [4.78, 5) is 21.5. The number of morpholine rings is 1. The van der Waals surface area contributed by atoms with E-state index in [-0.39, 0.29) is 6.04 Å². The number of halogens is 1. The van der Waals surface area contributed by atoms with Crippen molar-refractivity contribution in [2.45, 2.75) is 13.0 Å². The third-order valence-electron chi connectivity index (χ3n) is 4.77. The van der Waals surface area contributed by atoms with Crippen molar-refractivity contribution in [3.05, 3.63) is 16.7 Å². The van der Waals surface area contributed by atoms with E-state index in [4.69, 9.17) is 14.6 Å². The van der Waals surface area contributed by atoms with E-state index >= 15 is 0 Å². The summed E-state index contributed by atoms with van der Waals surface area (Å²) < 4.78 is 12.1. The molecule has 9 heteroatoms. The van der Waals surface area contributed by atoms with Gasteiger partial charge in [0.1, 0.15) is 18.2 Å². The van der Waals surface area contributed by atoms with Crippen LogP contribution in [0.2, 0.25) is 0 Å². The molecule has 8 nitrogen and oxygen atoms in total. The van der Waals surface area contributed by atoms with Gasteiger partial charge >= 0.3 is 6.09 Å². The van der Waals surface area contributed by atoms with Gasteiger partial charge in [0.25, 0.3) is 0 Å². The minimum Gasteiger partial charge on any atom is -0.491 e. The van der Waals surface area contributed by atoms with Crippen LogP contribution in [-0.2, 0) is 4.74 Å². The van der Waals surface area contributed by atoms with Crippen LogP contribution in [0.3, 0.4) is 0 Å². The number of amides is 1. The van der Waals surface area contributed by atoms with E-state index in [9.17, 15) is 4.79 Å². The number of hydrogen-bond acceptors (Lipinski definition) is 6. The first-order valence-corrected chi connectivity index (χ1v) is 9.67. The smallest absolute Gasteiger partial charge is 0.407 e. The van der Waals surface area contributed by atoms with Crippen LogP contribution in [-0.4, -0.2) is 91.1 Å². The Morgan fingerprint density at radius 1 is 1.38 bits per heavy atom. The molecule has 144 valence electrons. The number of aromatic nitrogens is 1. The highest BCUT2D eigenvalue weighted by Gasteiger charge is 2.27. The van der Waals surface area contributed by atoms with Crippen molar-refractivity contribution in [2.75, 3.05) is 64.0 Å². The first-order chi connectivity index (χ1) is 12.5. The molecule has 0 saturated carbocycles. The number of carbonyl (C=O) groups is 1. The number of anilines is 1. The van der Waals surface area contributed by atoms with Gasteiger partial charge < -0.3 is 24.4 Å². The maximum atomic E-state index is 11.1. The van der Waals surface area contributed by atoms with Crippen LogP contribution in [0.1, 0.15) is 6.92 Å². The van der Waals surface area contributed by atoms with Crippen LogP contribution in [0.5, 0.6) is 5.75 Å². The predicted octanol–water partition coefficient (Wildman–Crippen LogP) is 1.74. The Kier molecular flexibility index (Phi) is 6.55. The van der Waals surface area contributed by atoms with E-state index in [0.29, 0.717) is 26.2 Å². The maximum absolute atomic E-state index is 11.1. The normalized spacial score (nSPS) is 21.7. The lowest BCUT2D eigenvalue weighted by Gasteiger charge is -2.39. The molecule has 3 rings (SSSR count). The van der Waals surface area contributed by atoms with Crippen molar-refractivity contribution in [1.29, 1.82) is 0 Å². The summed E-state index contributed by atoms with van der Waals surface area (Å²) >= 11 is 3.50. The van der Waals surface area contributed by atoms with Crippen molar-refractivity contribution in [1.82, 2.24) is 14.8 Å². The first-order valence-electron chi connectivity index (χ1n) is 8.87. The Morgan fingerprint density at radius 3 is 2.85 bits per heavy atom. The minimum absolute atomic E-state index is 0.0646. The van der Waals surface area contributed by atoms with Gasteiger partial charge in [0, 0.05) is 57.6 Å². The van der Waals surface area contributed by atoms with Crippen molar-refractivity contribution in [2.24, 2.45) is 0 Å². The molecule has 1 unspecified atom stereocenters. The third-order valence-corrected chi connectivity index (χ3v) is 5.36. The van der Waals surface area contributed by atoms with Crippen LogP contribution < -0.4 is 9.64 Å². The van der Waals surface area contributed by atoms with E-state index < -0.39 is 6.09 Å². The molecule has 0 bridgehead atoms. The average molecular weight is 429 g/mol. The number of carboxylic acid groups (broad SMARTS) is 1. The lowest BCUT2D eigenvalue weighted by atomic mass is 10.2. The molecule has 1 N–H and O–H groups in total. The predicted molar refractivity (Wildman–Crippen MR) is 101 cm³/mol. The highest BCUT2D eigenvalue weighted by molar-refractivity contribution is 9.10. The van der Waals surface area contributed by atoms with E-state index in [1.807, 2.05) is 13.0 Å². The second kappa shape index (κ2) is 8.88. The summed E-state index contributed by atoms with van der Waals surface area (Å²) in [5, 5.41) is 9.15. The Bertz CT molecular complexity index is 627. The Balaban J connectivity index is 1.59. The van der Waals surface area contributed by atoms with Gasteiger partial charge in [-0.3, -0.25) is 4.90 Å². The molecule has 0 spiro atoms. The quantitative estimate of drug-likeness (QED) is 0.764. The van der Waals surface area contributed by atoms with Crippen LogP contribution in [0.4, 0.5) is 10.6 Å². The summed E-state index contributed by atoms with van der Waals surface area (Å²) in [7, 11) is 0. The lowest BCUT2D eigenvalue weighted by Crippen LogP contribution is -2.53. The zero-order chi connectivity index (χ0) is 18.5. The molecule has 0 aromatic carbocycles. The molecule has 26 heavy (non-hydrogen) atoms. The van der Waals surface area contributed by atoms with E-state index in [1.165, 1.54) is 4.90 Å². The van der Waals surface area contributed by atoms with E-state index in [0.717, 1.165) is 48.9 Å². The number of hydrogen-bond donors (Lipinski definition) is 1. The molecule has 1 atom stereocenters. The van der Waals surface area contributed by atoms with Gasteiger partial charge in [0.05, 0.1) is 17.7 Å². The molecule has 0 radical (unpaired) electrons. The molecule has 2 aliphatic rings. The van der Waals surface area contributed by atoms with Crippen molar-refractivity contribution >= 4 is 27.8 Å². The fourth-order valence-corrected chi connectivity index (χ4v) is 3.59. The molecule has 1 amide bonds. The Morgan fingerprint density at radius 2 is 2.15 bits per heavy atom. The van der Waals surface area contributed by atoms with Crippen molar-refractivity contribution in [3.8, 4) is 5.75 Å². The summed E-state index contributed by atoms with van der Waals surface area (Å²) in [6.07, 6.45) is 0.878. The second-order valence-electron chi connectivity index (χ2n) is 6.55. The number of piperazine rings is 1. The summed E-state index contributed by atoms with van der Waals surface area (Å²) in [6, 6.07) is 1.99. The second-order valence-corrected chi connectivity index (χ2v) is 7.40. The van der Waals surface area contributed by atoms with E-state index in [1.54, 1.807) is 6.20 Å². The fourth-order valence-electron chi connectivity index (χ4n) is 3.26.